The molecule has 4 nitrogen and oxygen atoms in total. The first-order valence-electron chi connectivity index (χ1n) is 5.14. The molecule has 2 aromatic heterocycles. The van der Waals surface area contributed by atoms with Gasteiger partial charge in [0.2, 0.25) is 0 Å². The fraction of sp³-hybridized carbons (Fsp3) is 0.273. The Bertz CT molecular complexity index is 481. The van der Waals surface area contributed by atoms with Crippen LogP contribution >= 0.6 is 0 Å². The zero-order valence-electron chi connectivity index (χ0n) is 9.27. The van der Waals surface area contributed by atoms with Crippen molar-refractivity contribution >= 4 is 0 Å². The summed E-state index contributed by atoms with van der Waals surface area (Å²) in [6.07, 6.45) is 1.97. The highest BCUT2D eigenvalue weighted by Gasteiger charge is 2.20. The molecule has 0 radical (unpaired) electrons. The second-order valence-electron chi connectivity index (χ2n) is 3.51. The number of rotatable bonds is 4. The highest BCUT2D eigenvalue weighted by molar-refractivity contribution is 5.33. The maximum absolute atomic E-state index is 13.0. The van der Waals surface area contributed by atoms with Gasteiger partial charge >= 0.3 is 0 Å². The lowest BCUT2D eigenvalue weighted by Gasteiger charge is -2.08. The molecular formula is C11H12F2N4. The number of hydrogen-bond donors (Lipinski definition) is 1. The van der Waals surface area contributed by atoms with Gasteiger partial charge in [-0.05, 0) is 19.2 Å². The molecule has 2 heterocycles. The predicted octanol–water partition coefficient (Wildman–Crippen LogP) is 1.92. The Balaban J connectivity index is 2.48. The second-order valence-corrected chi connectivity index (χ2v) is 3.51. The third kappa shape index (κ3) is 2.31. The summed E-state index contributed by atoms with van der Waals surface area (Å²) in [5.74, 6) is 0. The fourth-order valence-corrected chi connectivity index (χ4v) is 1.64. The number of nitrogens with zero attached hydrogens (tertiary/aromatic N) is 3. The molecule has 2 rings (SSSR count). The van der Waals surface area contributed by atoms with Gasteiger partial charge in [-0.15, -0.1) is 0 Å². The molecule has 6 heteroatoms. The van der Waals surface area contributed by atoms with Gasteiger partial charge in [0, 0.05) is 18.3 Å². The summed E-state index contributed by atoms with van der Waals surface area (Å²) in [4.78, 5) is 3.90. The highest BCUT2D eigenvalue weighted by Crippen LogP contribution is 2.25. The normalized spacial score (nSPS) is 11.1. The van der Waals surface area contributed by atoms with Gasteiger partial charge in [-0.3, -0.25) is 4.98 Å². The first-order chi connectivity index (χ1) is 8.24. The molecule has 0 amide bonds. The van der Waals surface area contributed by atoms with Crippen molar-refractivity contribution in [3.63, 3.8) is 0 Å². The number of nitrogens with one attached hydrogen (secondary N) is 1. The Morgan fingerprint density at radius 3 is 2.82 bits per heavy atom. The van der Waals surface area contributed by atoms with E-state index in [9.17, 15) is 8.78 Å². The lowest BCUT2D eigenvalue weighted by molar-refractivity contribution is 0.141. The molecule has 0 aliphatic carbocycles. The average Bonchev–Trinajstić information content (AvgIpc) is 2.74. The van der Waals surface area contributed by atoms with Gasteiger partial charge in [0.25, 0.3) is 6.43 Å². The van der Waals surface area contributed by atoms with Crippen LogP contribution in [0.4, 0.5) is 8.78 Å². The molecule has 0 atom stereocenters. The van der Waals surface area contributed by atoms with Crippen LogP contribution in [0.3, 0.4) is 0 Å². The van der Waals surface area contributed by atoms with Crippen LogP contribution in [-0.4, -0.2) is 21.8 Å². The van der Waals surface area contributed by atoms with Crippen molar-refractivity contribution < 1.29 is 8.78 Å². The van der Waals surface area contributed by atoms with E-state index in [0.717, 1.165) is 0 Å². The Kier molecular flexibility index (Phi) is 3.43. The standard InChI is InChI=1S/C11H12F2N4/c1-14-5-8-6-16-17(10(8)11(12)13)9-3-2-4-15-7-9/h2-4,6-7,11,14H,5H2,1H3. The van der Waals surface area contributed by atoms with Crippen LogP contribution in [-0.2, 0) is 6.54 Å². The largest absolute Gasteiger partial charge is 0.316 e. The van der Waals surface area contributed by atoms with Crippen LogP contribution in [0.1, 0.15) is 17.7 Å². The maximum Gasteiger partial charge on any atom is 0.280 e. The second kappa shape index (κ2) is 5.01. The molecule has 0 aliphatic heterocycles. The van der Waals surface area contributed by atoms with Gasteiger partial charge in [0.05, 0.1) is 18.1 Å². The lowest BCUT2D eigenvalue weighted by atomic mass is 10.2. The molecule has 0 saturated heterocycles. The van der Waals surface area contributed by atoms with E-state index >= 15 is 0 Å². The summed E-state index contributed by atoms with van der Waals surface area (Å²) in [6.45, 7) is 0.361. The molecule has 0 aromatic carbocycles. The molecule has 0 unspecified atom stereocenters. The summed E-state index contributed by atoms with van der Waals surface area (Å²) in [5.41, 5.74) is 0.934. The van der Waals surface area contributed by atoms with E-state index in [1.807, 2.05) is 0 Å². The van der Waals surface area contributed by atoms with Crippen molar-refractivity contribution in [2.24, 2.45) is 0 Å². The molecule has 90 valence electrons. The summed E-state index contributed by atoms with van der Waals surface area (Å²) < 4.78 is 27.3. The smallest absolute Gasteiger partial charge is 0.280 e. The summed E-state index contributed by atoms with van der Waals surface area (Å²) in [5, 5.41) is 6.82. The van der Waals surface area contributed by atoms with Crippen LogP contribution in [0, 0.1) is 0 Å². The Hall–Kier alpha value is -1.82. The van der Waals surface area contributed by atoms with Gasteiger partial charge in [-0.1, -0.05) is 0 Å². The zero-order valence-corrected chi connectivity index (χ0v) is 9.27. The minimum Gasteiger partial charge on any atom is -0.316 e. The quantitative estimate of drug-likeness (QED) is 0.885. The number of halogens is 2. The van der Waals surface area contributed by atoms with Crippen molar-refractivity contribution in [2.45, 2.75) is 13.0 Å². The average molecular weight is 238 g/mol. The first-order valence-corrected chi connectivity index (χ1v) is 5.14. The van der Waals surface area contributed by atoms with Crippen molar-refractivity contribution in [1.29, 1.82) is 0 Å². The van der Waals surface area contributed by atoms with Crippen molar-refractivity contribution in [1.82, 2.24) is 20.1 Å². The van der Waals surface area contributed by atoms with Gasteiger partial charge in [-0.25, -0.2) is 13.5 Å². The number of hydrogen-bond acceptors (Lipinski definition) is 3. The number of alkyl halides is 2. The third-order valence-electron chi connectivity index (χ3n) is 2.35. The van der Waals surface area contributed by atoms with E-state index in [-0.39, 0.29) is 5.69 Å². The van der Waals surface area contributed by atoms with E-state index in [1.54, 1.807) is 25.4 Å². The van der Waals surface area contributed by atoms with Crippen LogP contribution in [0.2, 0.25) is 0 Å². The molecule has 0 saturated carbocycles. The van der Waals surface area contributed by atoms with E-state index in [2.05, 4.69) is 15.4 Å². The molecule has 2 aromatic rings. The van der Waals surface area contributed by atoms with Crippen molar-refractivity contribution in [3.05, 3.63) is 42.0 Å². The molecule has 17 heavy (non-hydrogen) atoms. The van der Waals surface area contributed by atoms with E-state index in [0.29, 0.717) is 17.8 Å². The van der Waals surface area contributed by atoms with Gasteiger partial charge in [0.1, 0.15) is 5.69 Å². The van der Waals surface area contributed by atoms with Crippen molar-refractivity contribution in [2.75, 3.05) is 7.05 Å². The number of pyridine rings is 1. The van der Waals surface area contributed by atoms with Gasteiger partial charge < -0.3 is 5.32 Å². The minimum atomic E-state index is -2.57. The van der Waals surface area contributed by atoms with E-state index in [1.165, 1.54) is 17.1 Å². The topological polar surface area (TPSA) is 42.7 Å². The summed E-state index contributed by atoms with van der Waals surface area (Å²) in [6, 6.07) is 3.37. The minimum absolute atomic E-state index is 0.0904. The molecule has 0 aliphatic rings. The Morgan fingerprint density at radius 2 is 2.24 bits per heavy atom. The molecule has 0 bridgehead atoms. The monoisotopic (exact) mass is 238 g/mol. The first kappa shape index (κ1) is 11.7. The van der Waals surface area contributed by atoms with Gasteiger partial charge in [0.15, 0.2) is 0 Å². The maximum atomic E-state index is 13.0. The van der Waals surface area contributed by atoms with Crippen LogP contribution in [0.5, 0.6) is 0 Å². The third-order valence-corrected chi connectivity index (χ3v) is 2.35. The molecule has 0 spiro atoms. The van der Waals surface area contributed by atoms with E-state index in [4.69, 9.17) is 0 Å². The zero-order chi connectivity index (χ0) is 12.3. The summed E-state index contributed by atoms with van der Waals surface area (Å²) >= 11 is 0. The molecule has 1 N–H and O–H groups in total. The number of aromatic nitrogens is 3. The van der Waals surface area contributed by atoms with Gasteiger partial charge in [-0.2, -0.15) is 5.10 Å². The fourth-order valence-electron chi connectivity index (χ4n) is 1.64. The lowest BCUT2D eigenvalue weighted by Crippen LogP contribution is -2.09. The van der Waals surface area contributed by atoms with Crippen molar-refractivity contribution in [3.8, 4) is 5.69 Å². The van der Waals surface area contributed by atoms with Crippen LogP contribution in [0.25, 0.3) is 5.69 Å². The van der Waals surface area contributed by atoms with Crippen LogP contribution < -0.4 is 5.32 Å². The Morgan fingerprint density at radius 1 is 1.41 bits per heavy atom. The van der Waals surface area contributed by atoms with Crippen LogP contribution in [0.15, 0.2) is 30.7 Å². The highest BCUT2D eigenvalue weighted by atomic mass is 19.3. The predicted molar refractivity (Wildman–Crippen MR) is 59.1 cm³/mol. The SMILES string of the molecule is CNCc1cnn(-c2cccnc2)c1C(F)F. The van der Waals surface area contributed by atoms with E-state index < -0.39 is 6.43 Å². The summed E-state index contributed by atoms with van der Waals surface area (Å²) in [7, 11) is 1.71. The Labute approximate surface area is 97.3 Å². The molecule has 0 fully saturated rings. The molecular weight excluding hydrogens is 226 g/mol.